The molecule has 0 bridgehead atoms. The van der Waals surface area contributed by atoms with Crippen LogP contribution in [0, 0.1) is 0 Å². The number of carbonyl (C=O) groups is 1. The zero-order valence-electron chi connectivity index (χ0n) is 9.96. The molecule has 7 nitrogen and oxygen atoms in total. The van der Waals surface area contributed by atoms with Gasteiger partial charge in [-0.1, -0.05) is 12.1 Å². The van der Waals surface area contributed by atoms with E-state index < -0.39 is 0 Å². The van der Waals surface area contributed by atoms with Crippen molar-refractivity contribution in [2.24, 2.45) is 5.73 Å². The fourth-order valence-corrected chi connectivity index (χ4v) is 1.15. The molecule has 2 N–H and O–H groups in total. The Morgan fingerprint density at radius 3 is 2.94 bits per heavy atom. The maximum Gasteiger partial charge on any atom is 0.327 e. The molecular formula is C10H18N4O3. The van der Waals surface area contributed by atoms with Gasteiger partial charge in [-0.05, 0) is 6.42 Å². The van der Waals surface area contributed by atoms with Gasteiger partial charge in [-0.3, -0.25) is 4.79 Å². The second-order valence-electron chi connectivity index (χ2n) is 3.44. The molecule has 0 atom stereocenters. The van der Waals surface area contributed by atoms with Crippen LogP contribution in [0.3, 0.4) is 0 Å². The summed E-state index contributed by atoms with van der Waals surface area (Å²) in [7, 11) is 0. The lowest BCUT2D eigenvalue weighted by Gasteiger charge is -2.04. The Bertz CT molecular complexity index is 340. The highest BCUT2D eigenvalue weighted by Crippen LogP contribution is 1.92. The standard InChI is InChI=1S/C10H18N4O3/c1-2-3-16-4-5-17-10(15)8-14-7-9(6-11)12-13-14/h7H,2-6,8,11H2,1H3. The number of rotatable bonds is 8. The summed E-state index contributed by atoms with van der Waals surface area (Å²) in [5.41, 5.74) is 6.01. The number of hydrogen-bond donors (Lipinski definition) is 1. The van der Waals surface area contributed by atoms with E-state index in [1.165, 1.54) is 4.68 Å². The average molecular weight is 242 g/mol. The summed E-state index contributed by atoms with van der Waals surface area (Å²) in [6.07, 6.45) is 2.57. The smallest absolute Gasteiger partial charge is 0.327 e. The third kappa shape index (κ3) is 5.41. The van der Waals surface area contributed by atoms with Crippen molar-refractivity contribution >= 4 is 5.97 Å². The molecule has 0 aliphatic carbocycles. The van der Waals surface area contributed by atoms with Crippen LogP contribution < -0.4 is 5.73 Å². The summed E-state index contributed by atoms with van der Waals surface area (Å²) in [6, 6.07) is 0. The first kappa shape index (κ1) is 13.6. The van der Waals surface area contributed by atoms with Crippen molar-refractivity contribution in [1.82, 2.24) is 15.0 Å². The third-order valence-corrected chi connectivity index (χ3v) is 1.93. The quantitative estimate of drug-likeness (QED) is 0.497. The number of nitrogens with two attached hydrogens (primary N) is 1. The zero-order valence-corrected chi connectivity index (χ0v) is 9.96. The van der Waals surface area contributed by atoms with Crippen LogP contribution in [0.15, 0.2) is 6.20 Å². The molecule has 7 heteroatoms. The van der Waals surface area contributed by atoms with Gasteiger partial charge in [0.1, 0.15) is 13.2 Å². The van der Waals surface area contributed by atoms with Crippen molar-refractivity contribution in [2.75, 3.05) is 19.8 Å². The van der Waals surface area contributed by atoms with Crippen LogP contribution in [-0.2, 0) is 27.4 Å². The highest BCUT2D eigenvalue weighted by molar-refractivity contribution is 5.68. The van der Waals surface area contributed by atoms with Gasteiger partial charge in [0.2, 0.25) is 0 Å². The van der Waals surface area contributed by atoms with E-state index >= 15 is 0 Å². The van der Waals surface area contributed by atoms with E-state index in [4.69, 9.17) is 15.2 Å². The molecule has 0 amide bonds. The molecule has 0 unspecified atom stereocenters. The Morgan fingerprint density at radius 1 is 1.47 bits per heavy atom. The number of ether oxygens (including phenoxy) is 2. The molecule has 0 aliphatic rings. The average Bonchev–Trinajstić information content (AvgIpc) is 2.76. The van der Waals surface area contributed by atoms with Gasteiger partial charge in [0.25, 0.3) is 0 Å². The van der Waals surface area contributed by atoms with E-state index in [2.05, 4.69) is 10.3 Å². The van der Waals surface area contributed by atoms with Crippen LogP contribution in [0.1, 0.15) is 19.0 Å². The minimum Gasteiger partial charge on any atom is -0.462 e. The molecule has 1 aromatic heterocycles. The summed E-state index contributed by atoms with van der Waals surface area (Å²) >= 11 is 0. The molecule has 1 aromatic rings. The van der Waals surface area contributed by atoms with Crippen LogP contribution >= 0.6 is 0 Å². The van der Waals surface area contributed by atoms with Gasteiger partial charge >= 0.3 is 5.97 Å². The zero-order chi connectivity index (χ0) is 12.5. The van der Waals surface area contributed by atoms with Crippen LogP contribution in [-0.4, -0.2) is 40.8 Å². The summed E-state index contributed by atoms with van der Waals surface area (Å²) in [5.74, 6) is -0.362. The number of nitrogens with zero attached hydrogens (tertiary/aromatic N) is 3. The van der Waals surface area contributed by atoms with Crippen LogP contribution in [0.2, 0.25) is 0 Å². The van der Waals surface area contributed by atoms with Crippen LogP contribution in [0.5, 0.6) is 0 Å². The lowest BCUT2D eigenvalue weighted by molar-refractivity contribution is -0.146. The van der Waals surface area contributed by atoms with Gasteiger partial charge in [-0.25, -0.2) is 4.68 Å². The molecule has 1 rings (SSSR count). The minimum absolute atomic E-state index is 0.0424. The topological polar surface area (TPSA) is 92.3 Å². The van der Waals surface area contributed by atoms with E-state index in [0.29, 0.717) is 25.5 Å². The predicted octanol–water partition coefficient (Wildman–Crippen LogP) is -0.293. The van der Waals surface area contributed by atoms with Crippen LogP contribution in [0.4, 0.5) is 0 Å². The van der Waals surface area contributed by atoms with Gasteiger partial charge in [-0.2, -0.15) is 0 Å². The Hall–Kier alpha value is -1.47. The first-order valence-electron chi connectivity index (χ1n) is 5.58. The molecular weight excluding hydrogens is 224 g/mol. The fourth-order valence-electron chi connectivity index (χ4n) is 1.15. The van der Waals surface area contributed by atoms with E-state index in [1.807, 2.05) is 6.92 Å². The molecule has 0 saturated carbocycles. The molecule has 0 aromatic carbocycles. The van der Waals surface area contributed by atoms with Gasteiger partial charge in [0, 0.05) is 13.2 Å². The third-order valence-electron chi connectivity index (χ3n) is 1.93. The molecule has 0 aliphatic heterocycles. The molecule has 0 fully saturated rings. The number of carbonyl (C=O) groups excluding carboxylic acids is 1. The Morgan fingerprint density at radius 2 is 2.29 bits per heavy atom. The summed E-state index contributed by atoms with van der Waals surface area (Å²) in [5, 5.41) is 7.50. The minimum atomic E-state index is -0.362. The summed E-state index contributed by atoms with van der Waals surface area (Å²) in [6.45, 7) is 3.73. The summed E-state index contributed by atoms with van der Waals surface area (Å²) in [4.78, 5) is 11.3. The molecule has 0 saturated heterocycles. The largest absolute Gasteiger partial charge is 0.462 e. The maximum atomic E-state index is 11.3. The predicted molar refractivity (Wildman–Crippen MR) is 60.0 cm³/mol. The number of hydrogen-bond acceptors (Lipinski definition) is 6. The van der Waals surface area contributed by atoms with Gasteiger partial charge in [0.15, 0.2) is 0 Å². The fraction of sp³-hybridized carbons (Fsp3) is 0.700. The van der Waals surface area contributed by atoms with E-state index in [1.54, 1.807) is 6.20 Å². The number of esters is 1. The molecule has 0 spiro atoms. The summed E-state index contributed by atoms with van der Waals surface area (Å²) < 4.78 is 11.5. The Balaban J connectivity index is 2.16. The van der Waals surface area contributed by atoms with Crippen molar-refractivity contribution in [3.63, 3.8) is 0 Å². The van der Waals surface area contributed by atoms with Crippen molar-refractivity contribution in [2.45, 2.75) is 26.4 Å². The highest BCUT2D eigenvalue weighted by atomic mass is 16.6. The molecule has 96 valence electrons. The molecule has 0 radical (unpaired) electrons. The van der Waals surface area contributed by atoms with Gasteiger partial charge in [-0.15, -0.1) is 5.10 Å². The second-order valence-corrected chi connectivity index (χ2v) is 3.44. The second kappa shape index (κ2) is 7.75. The lowest BCUT2D eigenvalue weighted by atomic mass is 10.5. The lowest BCUT2D eigenvalue weighted by Crippen LogP contribution is -2.17. The monoisotopic (exact) mass is 242 g/mol. The van der Waals surface area contributed by atoms with Gasteiger partial charge < -0.3 is 15.2 Å². The first-order chi connectivity index (χ1) is 8.26. The van der Waals surface area contributed by atoms with Crippen molar-refractivity contribution in [3.05, 3.63) is 11.9 Å². The number of aromatic nitrogens is 3. The Kier molecular flexibility index (Phi) is 6.19. The normalized spacial score (nSPS) is 10.5. The maximum absolute atomic E-state index is 11.3. The van der Waals surface area contributed by atoms with E-state index in [9.17, 15) is 4.79 Å². The van der Waals surface area contributed by atoms with Crippen molar-refractivity contribution in [1.29, 1.82) is 0 Å². The van der Waals surface area contributed by atoms with Crippen LogP contribution in [0.25, 0.3) is 0 Å². The SMILES string of the molecule is CCCOCCOC(=O)Cn1cc(CN)nn1. The Labute approximate surface area is 99.9 Å². The highest BCUT2D eigenvalue weighted by Gasteiger charge is 2.06. The van der Waals surface area contributed by atoms with Gasteiger partial charge in [0.05, 0.1) is 18.5 Å². The molecule has 1 heterocycles. The molecule has 17 heavy (non-hydrogen) atoms. The van der Waals surface area contributed by atoms with Crippen molar-refractivity contribution < 1.29 is 14.3 Å². The first-order valence-corrected chi connectivity index (χ1v) is 5.58. The van der Waals surface area contributed by atoms with E-state index in [0.717, 1.165) is 6.42 Å². The van der Waals surface area contributed by atoms with E-state index in [-0.39, 0.29) is 19.1 Å². The van der Waals surface area contributed by atoms with Crippen molar-refractivity contribution in [3.8, 4) is 0 Å².